The third-order valence-corrected chi connectivity index (χ3v) is 3.68. The Kier molecular flexibility index (Phi) is 4.63. The SMILES string of the molecule is C[C@H]1CN(C(=O)c2cccc3ccccc23)CCN1.Cl. The van der Waals surface area contributed by atoms with E-state index >= 15 is 0 Å². The smallest absolute Gasteiger partial charge is 0.254 e. The number of carbonyl (C=O) groups is 1. The minimum Gasteiger partial charge on any atom is -0.336 e. The molecule has 4 heteroatoms. The van der Waals surface area contributed by atoms with Gasteiger partial charge in [0.05, 0.1) is 0 Å². The van der Waals surface area contributed by atoms with Crippen molar-refractivity contribution in [3.05, 3.63) is 48.0 Å². The van der Waals surface area contributed by atoms with Gasteiger partial charge < -0.3 is 10.2 Å². The Hall–Kier alpha value is -1.58. The van der Waals surface area contributed by atoms with Crippen LogP contribution in [0.1, 0.15) is 17.3 Å². The van der Waals surface area contributed by atoms with E-state index < -0.39 is 0 Å². The topological polar surface area (TPSA) is 32.3 Å². The predicted molar refractivity (Wildman–Crippen MR) is 84.6 cm³/mol. The number of amides is 1. The highest BCUT2D eigenvalue weighted by Gasteiger charge is 2.22. The lowest BCUT2D eigenvalue weighted by Gasteiger charge is -2.32. The molecule has 1 heterocycles. The van der Waals surface area contributed by atoms with Crippen molar-refractivity contribution in [3.63, 3.8) is 0 Å². The zero-order chi connectivity index (χ0) is 13.2. The first-order chi connectivity index (χ1) is 9.25. The molecule has 3 nitrogen and oxygen atoms in total. The van der Waals surface area contributed by atoms with Gasteiger partial charge in [-0.2, -0.15) is 0 Å². The highest BCUT2D eigenvalue weighted by Crippen LogP contribution is 2.20. The number of fused-ring (bicyclic) bond motifs is 1. The molecule has 2 aromatic carbocycles. The van der Waals surface area contributed by atoms with Crippen LogP contribution in [0.5, 0.6) is 0 Å². The summed E-state index contributed by atoms with van der Waals surface area (Å²) in [5.74, 6) is 0.144. The summed E-state index contributed by atoms with van der Waals surface area (Å²) in [5, 5.41) is 5.53. The molecular formula is C16H19ClN2O. The van der Waals surface area contributed by atoms with Crippen LogP contribution in [-0.4, -0.2) is 36.5 Å². The molecule has 0 saturated carbocycles. The number of rotatable bonds is 1. The van der Waals surface area contributed by atoms with Gasteiger partial charge in [-0.15, -0.1) is 12.4 Å². The lowest BCUT2D eigenvalue weighted by atomic mass is 10.0. The lowest BCUT2D eigenvalue weighted by Crippen LogP contribution is -2.51. The minimum atomic E-state index is 0. The fourth-order valence-corrected chi connectivity index (χ4v) is 2.70. The number of hydrogen-bond donors (Lipinski definition) is 1. The Morgan fingerprint density at radius 2 is 1.95 bits per heavy atom. The van der Waals surface area contributed by atoms with Gasteiger partial charge >= 0.3 is 0 Å². The Morgan fingerprint density at radius 1 is 1.20 bits per heavy atom. The summed E-state index contributed by atoms with van der Waals surface area (Å²) in [6.07, 6.45) is 0. The van der Waals surface area contributed by atoms with Gasteiger partial charge in [0.15, 0.2) is 0 Å². The van der Waals surface area contributed by atoms with Crippen molar-refractivity contribution in [2.24, 2.45) is 0 Å². The van der Waals surface area contributed by atoms with Gasteiger partial charge in [-0.25, -0.2) is 0 Å². The summed E-state index contributed by atoms with van der Waals surface area (Å²) in [6.45, 7) is 4.55. The van der Waals surface area contributed by atoms with Gasteiger partial charge in [-0.05, 0) is 23.8 Å². The molecule has 0 bridgehead atoms. The standard InChI is InChI=1S/C16H18N2O.ClH/c1-12-11-18(10-9-17-12)16(19)15-8-4-6-13-5-2-3-7-14(13)15;/h2-8,12,17H,9-11H2,1H3;1H/t12-;/m0./s1. The maximum Gasteiger partial charge on any atom is 0.254 e. The van der Waals surface area contributed by atoms with Gasteiger partial charge in [-0.1, -0.05) is 36.4 Å². The molecule has 1 atom stereocenters. The maximum atomic E-state index is 12.7. The summed E-state index contributed by atoms with van der Waals surface area (Å²) in [6, 6.07) is 14.4. The monoisotopic (exact) mass is 290 g/mol. The average Bonchev–Trinajstić information content (AvgIpc) is 2.46. The molecule has 1 N–H and O–H groups in total. The van der Waals surface area contributed by atoms with E-state index in [0.29, 0.717) is 6.04 Å². The minimum absolute atomic E-state index is 0. The van der Waals surface area contributed by atoms with E-state index in [-0.39, 0.29) is 18.3 Å². The van der Waals surface area contributed by atoms with Gasteiger partial charge in [-0.3, -0.25) is 4.79 Å². The number of nitrogens with one attached hydrogen (secondary N) is 1. The number of piperazine rings is 1. The summed E-state index contributed by atoms with van der Waals surface area (Å²) in [7, 11) is 0. The fraction of sp³-hybridized carbons (Fsp3) is 0.312. The van der Waals surface area contributed by atoms with E-state index in [1.54, 1.807) is 0 Å². The van der Waals surface area contributed by atoms with Crippen molar-refractivity contribution in [1.82, 2.24) is 10.2 Å². The second-order valence-corrected chi connectivity index (χ2v) is 5.13. The molecule has 0 radical (unpaired) electrons. The van der Waals surface area contributed by atoms with Crippen molar-refractivity contribution in [2.75, 3.05) is 19.6 Å². The third-order valence-electron chi connectivity index (χ3n) is 3.68. The van der Waals surface area contributed by atoms with E-state index in [2.05, 4.69) is 12.2 Å². The first-order valence-electron chi connectivity index (χ1n) is 6.76. The predicted octanol–water partition coefficient (Wildman–Crippen LogP) is 2.70. The van der Waals surface area contributed by atoms with Crippen LogP contribution in [0.25, 0.3) is 10.8 Å². The van der Waals surface area contributed by atoms with Crippen molar-refractivity contribution < 1.29 is 4.79 Å². The molecule has 2 aromatic rings. The van der Waals surface area contributed by atoms with E-state index in [4.69, 9.17) is 0 Å². The van der Waals surface area contributed by atoms with Gasteiger partial charge in [0.1, 0.15) is 0 Å². The molecule has 1 aliphatic rings. The number of nitrogens with zero attached hydrogens (tertiary/aromatic N) is 1. The summed E-state index contributed by atoms with van der Waals surface area (Å²) in [4.78, 5) is 14.6. The summed E-state index contributed by atoms with van der Waals surface area (Å²) < 4.78 is 0. The van der Waals surface area contributed by atoms with Crippen LogP contribution in [0.4, 0.5) is 0 Å². The molecular weight excluding hydrogens is 272 g/mol. The van der Waals surface area contributed by atoms with E-state index in [0.717, 1.165) is 36.0 Å². The third kappa shape index (κ3) is 2.79. The molecule has 0 unspecified atom stereocenters. The number of carbonyl (C=O) groups excluding carboxylic acids is 1. The van der Waals surface area contributed by atoms with Crippen LogP contribution in [0.2, 0.25) is 0 Å². The Labute approximate surface area is 125 Å². The van der Waals surface area contributed by atoms with E-state index in [1.165, 1.54) is 0 Å². The zero-order valence-electron chi connectivity index (χ0n) is 11.5. The molecule has 0 aromatic heterocycles. The number of halogens is 1. The van der Waals surface area contributed by atoms with Crippen molar-refractivity contribution >= 4 is 29.1 Å². The quantitative estimate of drug-likeness (QED) is 0.876. The van der Waals surface area contributed by atoms with Crippen LogP contribution in [0.3, 0.4) is 0 Å². The second kappa shape index (κ2) is 6.25. The Balaban J connectivity index is 0.00000147. The van der Waals surface area contributed by atoms with Gasteiger partial charge in [0.25, 0.3) is 5.91 Å². The summed E-state index contributed by atoms with van der Waals surface area (Å²) >= 11 is 0. The molecule has 0 spiro atoms. The normalized spacial score (nSPS) is 18.6. The number of benzene rings is 2. The molecule has 1 aliphatic heterocycles. The maximum absolute atomic E-state index is 12.7. The van der Waals surface area contributed by atoms with E-state index in [9.17, 15) is 4.79 Å². The molecule has 1 amide bonds. The Morgan fingerprint density at radius 3 is 2.75 bits per heavy atom. The molecule has 1 fully saturated rings. The van der Waals surface area contributed by atoms with Crippen molar-refractivity contribution in [2.45, 2.75) is 13.0 Å². The number of hydrogen-bond acceptors (Lipinski definition) is 2. The van der Waals surface area contributed by atoms with Crippen LogP contribution in [0, 0.1) is 0 Å². The second-order valence-electron chi connectivity index (χ2n) is 5.13. The highest BCUT2D eigenvalue weighted by atomic mass is 35.5. The molecule has 3 rings (SSSR count). The molecule has 1 saturated heterocycles. The first-order valence-corrected chi connectivity index (χ1v) is 6.76. The van der Waals surface area contributed by atoms with Crippen molar-refractivity contribution in [3.8, 4) is 0 Å². The zero-order valence-corrected chi connectivity index (χ0v) is 12.3. The Bertz CT molecular complexity index is 609. The van der Waals surface area contributed by atoms with Crippen molar-refractivity contribution in [1.29, 1.82) is 0 Å². The summed E-state index contributed by atoms with van der Waals surface area (Å²) in [5.41, 5.74) is 0.812. The molecule has 20 heavy (non-hydrogen) atoms. The molecule has 0 aliphatic carbocycles. The lowest BCUT2D eigenvalue weighted by molar-refractivity contribution is 0.0711. The van der Waals surface area contributed by atoms with Gasteiger partial charge in [0.2, 0.25) is 0 Å². The average molecular weight is 291 g/mol. The van der Waals surface area contributed by atoms with Gasteiger partial charge in [0, 0.05) is 31.2 Å². The largest absolute Gasteiger partial charge is 0.336 e. The van der Waals surface area contributed by atoms with Crippen LogP contribution in [-0.2, 0) is 0 Å². The highest BCUT2D eigenvalue weighted by molar-refractivity contribution is 6.07. The fourth-order valence-electron chi connectivity index (χ4n) is 2.70. The van der Waals surface area contributed by atoms with E-state index in [1.807, 2.05) is 47.4 Å². The van der Waals surface area contributed by atoms with Crippen LogP contribution < -0.4 is 5.32 Å². The molecule has 106 valence electrons. The van der Waals surface area contributed by atoms with Crippen LogP contribution in [0.15, 0.2) is 42.5 Å². The van der Waals surface area contributed by atoms with Crippen LogP contribution >= 0.6 is 12.4 Å². The first kappa shape index (κ1) is 14.8.